The van der Waals surface area contributed by atoms with Crippen LogP contribution in [-0.4, -0.2) is 26.5 Å². The van der Waals surface area contributed by atoms with Gasteiger partial charge in [0.05, 0.1) is 5.69 Å². The SMILES string of the molecule is Cc1cnc(-c2ncc[nH]2)nc1CNCC(C)C. The second-order valence-corrected chi connectivity index (χ2v) is 4.79. The molecule has 0 amide bonds. The van der Waals surface area contributed by atoms with Crippen molar-refractivity contribution in [1.29, 1.82) is 0 Å². The number of aromatic amines is 1. The lowest BCUT2D eigenvalue weighted by molar-refractivity contribution is 0.547. The molecule has 0 fully saturated rings. The maximum atomic E-state index is 4.54. The Morgan fingerprint density at radius 3 is 2.83 bits per heavy atom. The van der Waals surface area contributed by atoms with Gasteiger partial charge in [0.15, 0.2) is 11.6 Å². The molecule has 2 rings (SSSR count). The van der Waals surface area contributed by atoms with E-state index >= 15 is 0 Å². The third kappa shape index (κ3) is 3.13. The molecule has 0 aliphatic heterocycles. The van der Waals surface area contributed by atoms with Gasteiger partial charge in [-0.25, -0.2) is 15.0 Å². The first-order chi connectivity index (χ1) is 8.66. The van der Waals surface area contributed by atoms with Crippen LogP contribution in [0.4, 0.5) is 0 Å². The number of hydrogen-bond acceptors (Lipinski definition) is 4. The van der Waals surface area contributed by atoms with Crippen LogP contribution in [0, 0.1) is 12.8 Å². The minimum Gasteiger partial charge on any atom is -0.342 e. The Morgan fingerprint density at radius 1 is 1.33 bits per heavy atom. The molecule has 96 valence electrons. The predicted octanol–water partition coefficient (Wildman–Crippen LogP) is 1.92. The molecule has 0 aliphatic carbocycles. The highest BCUT2D eigenvalue weighted by Crippen LogP contribution is 2.11. The van der Waals surface area contributed by atoms with Gasteiger partial charge >= 0.3 is 0 Å². The fourth-order valence-corrected chi connectivity index (χ4v) is 1.64. The zero-order valence-electron chi connectivity index (χ0n) is 11.1. The van der Waals surface area contributed by atoms with Gasteiger partial charge in [0, 0.05) is 25.1 Å². The van der Waals surface area contributed by atoms with Crippen molar-refractivity contribution in [3.63, 3.8) is 0 Å². The van der Waals surface area contributed by atoms with Crippen LogP contribution in [0.5, 0.6) is 0 Å². The van der Waals surface area contributed by atoms with E-state index in [9.17, 15) is 0 Å². The minimum absolute atomic E-state index is 0.636. The molecule has 0 atom stereocenters. The number of hydrogen-bond donors (Lipinski definition) is 2. The van der Waals surface area contributed by atoms with Crippen LogP contribution in [-0.2, 0) is 6.54 Å². The lowest BCUT2D eigenvalue weighted by Crippen LogP contribution is -2.20. The van der Waals surface area contributed by atoms with E-state index in [1.807, 2.05) is 13.1 Å². The second-order valence-electron chi connectivity index (χ2n) is 4.79. The zero-order chi connectivity index (χ0) is 13.0. The summed E-state index contributed by atoms with van der Waals surface area (Å²) in [6, 6.07) is 0. The molecular formula is C13H19N5. The van der Waals surface area contributed by atoms with Crippen molar-refractivity contribution in [2.75, 3.05) is 6.54 Å². The summed E-state index contributed by atoms with van der Waals surface area (Å²) in [5.74, 6) is 1.99. The molecule has 2 aromatic rings. The number of nitrogens with one attached hydrogen (secondary N) is 2. The van der Waals surface area contributed by atoms with Crippen molar-refractivity contribution in [1.82, 2.24) is 25.3 Å². The van der Waals surface area contributed by atoms with E-state index in [4.69, 9.17) is 0 Å². The molecule has 0 bridgehead atoms. The van der Waals surface area contributed by atoms with E-state index in [-0.39, 0.29) is 0 Å². The Kier molecular flexibility index (Phi) is 4.04. The number of nitrogens with zero attached hydrogens (tertiary/aromatic N) is 3. The Labute approximate surface area is 107 Å². The first kappa shape index (κ1) is 12.7. The third-order valence-electron chi connectivity index (χ3n) is 2.63. The quantitative estimate of drug-likeness (QED) is 0.844. The largest absolute Gasteiger partial charge is 0.342 e. The second kappa shape index (κ2) is 5.73. The van der Waals surface area contributed by atoms with Crippen LogP contribution < -0.4 is 5.32 Å². The highest BCUT2D eigenvalue weighted by molar-refractivity contribution is 5.43. The average molecular weight is 245 g/mol. The molecule has 0 unspecified atom stereocenters. The van der Waals surface area contributed by atoms with Crippen LogP contribution in [0.25, 0.3) is 11.6 Å². The van der Waals surface area contributed by atoms with Crippen LogP contribution in [0.1, 0.15) is 25.1 Å². The smallest absolute Gasteiger partial charge is 0.195 e. The number of aryl methyl sites for hydroxylation is 1. The summed E-state index contributed by atoms with van der Waals surface area (Å²) in [4.78, 5) is 16.0. The molecule has 0 spiro atoms. The van der Waals surface area contributed by atoms with E-state index in [0.29, 0.717) is 17.6 Å². The standard InChI is InChI=1S/C13H19N5/c1-9(2)6-14-8-11-10(3)7-17-13(18-11)12-15-4-5-16-12/h4-5,7,9,14H,6,8H2,1-3H3,(H,15,16). The summed E-state index contributed by atoms with van der Waals surface area (Å²) < 4.78 is 0. The number of rotatable bonds is 5. The molecule has 18 heavy (non-hydrogen) atoms. The predicted molar refractivity (Wildman–Crippen MR) is 70.9 cm³/mol. The minimum atomic E-state index is 0.636. The molecule has 2 N–H and O–H groups in total. The molecule has 0 saturated heterocycles. The summed E-state index contributed by atoms with van der Waals surface area (Å²) in [6.45, 7) is 8.15. The van der Waals surface area contributed by atoms with Gasteiger partial charge in [-0.1, -0.05) is 13.8 Å². The van der Waals surface area contributed by atoms with E-state index in [1.165, 1.54) is 0 Å². The summed E-state index contributed by atoms with van der Waals surface area (Å²) in [5, 5.41) is 3.39. The Hall–Kier alpha value is -1.75. The van der Waals surface area contributed by atoms with Gasteiger partial charge < -0.3 is 10.3 Å². The van der Waals surface area contributed by atoms with Gasteiger partial charge in [0.25, 0.3) is 0 Å². The van der Waals surface area contributed by atoms with Gasteiger partial charge in [0.1, 0.15) is 0 Å². The summed E-state index contributed by atoms with van der Waals surface area (Å²) >= 11 is 0. The Morgan fingerprint density at radius 2 is 2.17 bits per heavy atom. The fourth-order valence-electron chi connectivity index (χ4n) is 1.64. The molecule has 2 aromatic heterocycles. The molecular weight excluding hydrogens is 226 g/mol. The van der Waals surface area contributed by atoms with Crippen molar-refractivity contribution < 1.29 is 0 Å². The number of imidazole rings is 1. The summed E-state index contributed by atoms with van der Waals surface area (Å²) in [5.41, 5.74) is 2.12. The highest BCUT2D eigenvalue weighted by atomic mass is 15.0. The molecule has 5 nitrogen and oxygen atoms in total. The summed E-state index contributed by atoms with van der Waals surface area (Å²) in [6.07, 6.45) is 5.32. The molecule has 5 heteroatoms. The van der Waals surface area contributed by atoms with E-state index in [1.54, 1.807) is 12.4 Å². The summed E-state index contributed by atoms with van der Waals surface area (Å²) in [7, 11) is 0. The van der Waals surface area contributed by atoms with Crippen molar-refractivity contribution in [3.8, 4) is 11.6 Å². The number of H-pyrrole nitrogens is 1. The van der Waals surface area contributed by atoms with Gasteiger partial charge in [-0.15, -0.1) is 0 Å². The van der Waals surface area contributed by atoms with Crippen LogP contribution in [0.3, 0.4) is 0 Å². The van der Waals surface area contributed by atoms with E-state index in [2.05, 4.69) is 39.1 Å². The molecule has 0 saturated carbocycles. The first-order valence-electron chi connectivity index (χ1n) is 6.20. The fraction of sp³-hybridized carbons (Fsp3) is 0.462. The van der Waals surface area contributed by atoms with Crippen molar-refractivity contribution in [2.24, 2.45) is 5.92 Å². The molecule has 0 radical (unpaired) electrons. The van der Waals surface area contributed by atoms with Crippen molar-refractivity contribution in [3.05, 3.63) is 29.8 Å². The lowest BCUT2D eigenvalue weighted by Gasteiger charge is -2.09. The van der Waals surface area contributed by atoms with Crippen LogP contribution in [0.2, 0.25) is 0 Å². The Bertz CT molecular complexity index is 490. The zero-order valence-corrected chi connectivity index (χ0v) is 11.1. The average Bonchev–Trinajstić information content (AvgIpc) is 2.84. The highest BCUT2D eigenvalue weighted by Gasteiger charge is 2.07. The molecule has 0 aliphatic rings. The monoisotopic (exact) mass is 245 g/mol. The molecule has 0 aromatic carbocycles. The maximum Gasteiger partial charge on any atom is 0.195 e. The van der Waals surface area contributed by atoms with Gasteiger partial charge in [-0.3, -0.25) is 0 Å². The normalized spacial score (nSPS) is 11.1. The van der Waals surface area contributed by atoms with Crippen molar-refractivity contribution >= 4 is 0 Å². The van der Waals surface area contributed by atoms with E-state index < -0.39 is 0 Å². The lowest BCUT2D eigenvalue weighted by atomic mass is 10.2. The van der Waals surface area contributed by atoms with Gasteiger partial charge in [0.2, 0.25) is 0 Å². The number of aromatic nitrogens is 4. The first-order valence-corrected chi connectivity index (χ1v) is 6.20. The molecule has 2 heterocycles. The van der Waals surface area contributed by atoms with E-state index in [0.717, 1.165) is 24.3 Å². The van der Waals surface area contributed by atoms with Gasteiger partial charge in [-0.05, 0) is 24.9 Å². The third-order valence-corrected chi connectivity index (χ3v) is 2.63. The Balaban J connectivity index is 2.12. The van der Waals surface area contributed by atoms with Crippen LogP contribution in [0.15, 0.2) is 18.6 Å². The van der Waals surface area contributed by atoms with Gasteiger partial charge in [-0.2, -0.15) is 0 Å². The van der Waals surface area contributed by atoms with Crippen molar-refractivity contribution in [2.45, 2.75) is 27.3 Å². The maximum absolute atomic E-state index is 4.54. The topological polar surface area (TPSA) is 66.5 Å². The van der Waals surface area contributed by atoms with Crippen LogP contribution >= 0.6 is 0 Å².